The van der Waals surface area contributed by atoms with Crippen LogP contribution in [0.25, 0.3) is 11.1 Å². The van der Waals surface area contributed by atoms with Crippen molar-refractivity contribution < 1.29 is 37.1 Å². The first kappa shape index (κ1) is 16.8. The van der Waals surface area contributed by atoms with Gasteiger partial charge in [-0.25, -0.2) is 4.39 Å². The van der Waals surface area contributed by atoms with E-state index in [0.717, 1.165) is 11.5 Å². The van der Waals surface area contributed by atoms with E-state index >= 15 is 0 Å². The molecule has 0 saturated heterocycles. The zero-order valence-corrected chi connectivity index (χ0v) is 15.3. The molecule has 0 heterocycles. The van der Waals surface area contributed by atoms with Gasteiger partial charge in [0.2, 0.25) is 0 Å². The molecule has 1 saturated carbocycles. The zero-order chi connectivity index (χ0) is 13.9. The molecular weight excluding hydrogens is 336 g/mol. The van der Waals surface area contributed by atoms with Crippen molar-refractivity contribution >= 4 is 0 Å². The molecule has 1 fully saturated rings. The molecule has 0 aromatic heterocycles. The first-order valence-electron chi connectivity index (χ1n) is 7.50. The van der Waals surface area contributed by atoms with Gasteiger partial charge in [0.05, 0.1) is 0 Å². The number of rotatable bonds is 2. The Morgan fingerprint density at radius 1 is 1.00 bits per heavy atom. The van der Waals surface area contributed by atoms with Gasteiger partial charge < -0.3 is 0 Å². The fourth-order valence-electron chi connectivity index (χ4n) is 3.18. The molecule has 3 rings (SSSR count). The van der Waals surface area contributed by atoms with E-state index in [2.05, 4.69) is 19.1 Å². The Kier molecular flexibility index (Phi) is 6.13. The van der Waals surface area contributed by atoms with Crippen LogP contribution < -0.4 is 0 Å². The van der Waals surface area contributed by atoms with Gasteiger partial charge in [-0.15, -0.1) is 5.56 Å². The standard InChI is InChI=1S/C19H20F.Y/c1-14-7-9-15(10-8-14)17-11-12-18(19(20)13-17)16-5-3-2-4-6-16;/h3-6,11-15H,7-10H2,1H3;/q-1;. The summed E-state index contributed by atoms with van der Waals surface area (Å²) < 4.78 is 14.4. The van der Waals surface area contributed by atoms with Gasteiger partial charge in [-0.1, -0.05) is 31.9 Å². The molecule has 0 aliphatic heterocycles. The minimum Gasteiger partial charge on any atom is -0.206 e. The molecule has 0 bridgehead atoms. The van der Waals surface area contributed by atoms with Crippen molar-refractivity contribution in [1.29, 1.82) is 0 Å². The van der Waals surface area contributed by atoms with Gasteiger partial charge in [0.25, 0.3) is 0 Å². The summed E-state index contributed by atoms with van der Waals surface area (Å²) >= 11 is 0. The van der Waals surface area contributed by atoms with Crippen molar-refractivity contribution in [1.82, 2.24) is 0 Å². The van der Waals surface area contributed by atoms with Crippen molar-refractivity contribution in [2.24, 2.45) is 5.92 Å². The van der Waals surface area contributed by atoms with Crippen LogP contribution in [-0.4, -0.2) is 0 Å². The molecule has 0 atom stereocenters. The monoisotopic (exact) mass is 356 g/mol. The maximum atomic E-state index is 14.4. The van der Waals surface area contributed by atoms with Crippen LogP contribution >= 0.6 is 0 Å². The maximum Gasteiger partial charge on any atom is 0.129 e. The van der Waals surface area contributed by atoms with Crippen LogP contribution in [0.15, 0.2) is 42.5 Å². The molecule has 0 nitrogen and oxygen atoms in total. The smallest absolute Gasteiger partial charge is 0.129 e. The Balaban J connectivity index is 0.00000161. The molecule has 0 spiro atoms. The van der Waals surface area contributed by atoms with Crippen LogP contribution in [0.5, 0.6) is 0 Å². The van der Waals surface area contributed by atoms with Crippen LogP contribution in [0.1, 0.15) is 44.1 Å². The average molecular weight is 356 g/mol. The minimum atomic E-state index is -0.104. The molecule has 2 heteroatoms. The first-order chi connectivity index (χ1) is 9.74. The molecule has 21 heavy (non-hydrogen) atoms. The van der Waals surface area contributed by atoms with Gasteiger partial charge in [-0.2, -0.15) is 30.3 Å². The number of hydrogen-bond donors (Lipinski definition) is 0. The summed E-state index contributed by atoms with van der Waals surface area (Å²) in [6.45, 7) is 2.31. The quantitative estimate of drug-likeness (QED) is 0.616. The fraction of sp³-hybridized carbons (Fsp3) is 0.368. The van der Waals surface area contributed by atoms with Gasteiger partial charge in [0.1, 0.15) is 5.82 Å². The van der Waals surface area contributed by atoms with E-state index in [1.54, 1.807) is 6.07 Å². The summed E-state index contributed by atoms with van der Waals surface area (Å²) in [5, 5.41) is 0. The predicted molar refractivity (Wildman–Crippen MR) is 81.0 cm³/mol. The zero-order valence-electron chi connectivity index (χ0n) is 12.5. The van der Waals surface area contributed by atoms with Gasteiger partial charge in [-0.3, -0.25) is 0 Å². The van der Waals surface area contributed by atoms with Gasteiger partial charge in [0, 0.05) is 32.7 Å². The average Bonchev–Trinajstić information content (AvgIpc) is 2.49. The predicted octanol–water partition coefficient (Wildman–Crippen LogP) is 5.58. The van der Waals surface area contributed by atoms with Crippen LogP contribution in [0, 0.1) is 17.8 Å². The second-order valence-corrected chi connectivity index (χ2v) is 5.98. The van der Waals surface area contributed by atoms with Crippen LogP contribution in [0.4, 0.5) is 4.39 Å². The van der Waals surface area contributed by atoms with Crippen LogP contribution in [-0.2, 0) is 32.7 Å². The molecule has 1 aliphatic carbocycles. The summed E-state index contributed by atoms with van der Waals surface area (Å²) in [4.78, 5) is 0. The molecule has 2 aromatic rings. The van der Waals surface area contributed by atoms with E-state index in [1.165, 1.54) is 31.2 Å². The Morgan fingerprint density at radius 2 is 1.67 bits per heavy atom. The van der Waals surface area contributed by atoms with Gasteiger partial charge in [0.15, 0.2) is 0 Å². The van der Waals surface area contributed by atoms with E-state index in [-0.39, 0.29) is 38.5 Å². The van der Waals surface area contributed by atoms with E-state index in [1.807, 2.05) is 30.3 Å². The Bertz CT molecular complexity index is 571. The molecule has 0 amide bonds. The molecule has 0 unspecified atom stereocenters. The topological polar surface area (TPSA) is 0 Å². The third kappa shape index (κ3) is 4.02. The van der Waals surface area contributed by atoms with Crippen LogP contribution in [0.3, 0.4) is 0 Å². The molecule has 2 aromatic carbocycles. The molecule has 1 radical (unpaired) electrons. The Labute approximate surface area is 152 Å². The van der Waals surface area contributed by atoms with E-state index < -0.39 is 0 Å². The van der Waals surface area contributed by atoms with Crippen molar-refractivity contribution in [2.45, 2.75) is 38.5 Å². The number of benzene rings is 2. The Morgan fingerprint density at radius 3 is 2.29 bits per heavy atom. The molecular formula is C19H20FY-. The summed E-state index contributed by atoms with van der Waals surface area (Å²) in [5.41, 5.74) is 2.78. The summed E-state index contributed by atoms with van der Waals surface area (Å²) in [6, 6.07) is 16.2. The molecule has 107 valence electrons. The molecule has 0 N–H and O–H groups in total. The van der Waals surface area contributed by atoms with Crippen LogP contribution in [0.2, 0.25) is 0 Å². The van der Waals surface area contributed by atoms with E-state index in [0.29, 0.717) is 11.5 Å². The summed E-state index contributed by atoms with van der Waals surface area (Å²) in [6.07, 6.45) is 4.92. The van der Waals surface area contributed by atoms with Gasteiger partial charge in [-0.05, 0) is 41.9 Å². The maximum absolute atomic E-state index is 14.4. The SMILES string of the molecule is CC1CCC(c2ccc(-c3cc[c-]cc3)c(F)c2)CC1.[Y]. The van der Waals surface area contributed by atoms with Gasteiger partial charge >= 0.3 is 0 Å². The van der Waals surface area contributed by atoms with E-state index in [9.17, 15) is 4.39 Å². The number of halogens is 1. The van der Waals surface area contributed by atoms with Crippen molar-refractivity contribution in [3.63, 3.8) is 0 Å². The van der Waals surface area contributed by atoms with Crippen molar-refractivity contribution in [3.8, 4) is 11.1 Å². The normalized spacial score (nSPS) is 21.6. The minimum absolute atomic E-state index is 0. The summed E-state index contributed by atoms with van der Waals surface area (Å²) in [5.74, 6) is 1.27. The number of hydrogen-bond acceptors (Lipinski definition) is 0. The van der Waals surface area contributed by atoms with E-state index in [4.69, 9.17) is 0 Å². The summed E-state index contributed by atoms with van der Waals surface area (Å²) in [7, 11) is 0. The Hall–Kier alpha value is -0.526. The third-order valence-corrected chi connectivity index (χ3v) is 4.51. The molecule has 1 aliphatic rings. The fourth-order valence-corrected chi connectivity index (χ4v) is 3.18. The largest absolute Gasteiger partial charge is 0.206 e. The second-order valence-electron chi connectivity index (χ2n) is 5.98. The van der Waals surface area contributed by atoms with Crippen molar-refractivity contribution in [3.05, 3.63) is 59.9 Å². The van der Waals surface area contributed by atoms with Crippen molar-refractivity contribution in [2.75, 3.05) is 0 Å². The second kappa shape index (κ2) is 7.65. The first-order valence-corrected chi connectivity index (χ1v) is 7.50. The third-order valence-electron chi connectivity index (χ3n) is 4.51.